The van der Waals surface area contributed by atoms with Crippen LogP contribution in [0.25, 0.3) is 0 Å². The number of anilines is 1. The Bertz CT molecular complexity index is 673. The lowest BCUT2D eigenvalue weighted by molar-refractivity contribution is -0.117. The minimum atomic E-state index is -1.25. The average molecular weight is 299 g/mol. The first-order chi connectivity index (χ1) is 9.45. The van der Waals surface area contributed by atoms with Gasteiger partial charge in [-0.25, -0.2) is 13.9 Å². The summed E-state index contributed by atoms with van der Waals surface area (Å²) < 4.78 is 14.5. The maximum Gasteiger partial charge on any atom is 0.358 e. The van der Waals surface area contributed by atoms with E-state index >= 15 is 0 Å². The summed E-state index contributed by atoms with van der Waals surface area (Å²) in [5, 5.41) is 18.0. The molecular formula is C11H8ClFN4O3. The number of hydrogen-bond acceptors (Lipinski definition) is 4. The molecule has 9 heteroatoms. The number of carboxylic acid groups (broad SMARTS) is 1. The number of carbonyl (C=O) groups excluding carboxylic acids is 1. The van der Waals surface area contributed by atoms with Gasteiger partial charge in [0.25, 0.3) is 0 Å². The first-order valence-electron chi connectivity index (χ1n) is 5.34. The summed E-state index contributed by atoms with van der Waals surface area (Å²) in [5.41, 5.74) is -0.312. The molecule has 2 N–H and O–H groups in total. The van der Waals surface area contributed by atoms with Gasteiger partial charge in [0.2, 0.25) is 5.91 Å². The van der Waals surface area contributed by atoms with Crippen molar-refractivity contribution < 1.29 is 19.1 Å². The van der Waals surface area contributed by atoms with Crippen LogP contribution in [-0.2, 0) is 11.3 Å². The molecule has 1 aromatic heterocycles. The van der Waals surface area contributed by atoms with E-state index in [1.807, 2.05) is 0 Å². The van der Waals surface area contributed by atoms with Crippen LogP contribution < -0.4 is 5.32 Å². The van der Waals surface area contributed by atoms with Gasteiger partial charge in [0.1, 0.15) is 12.4 Å². The predicted octanol–water partition coefficient (Wildman–Crippen LogP) is 1.41. The molecule has 104 valence electrons. The van der Waals surface area contributed by atoms with E-state index in [9.17, 15) is 14.0 Å². The molecular weight excluding hydrogens is 291 g/mol. The molecule has 0 saturated heterocycles. The van der Waals surface area contributed by atoms with Crippen LogP contribution in [0, 0.1) is 5.82 Å². The van der Waals surface area contributed by atoms with Crippen LogP contribution in [0.15, 0.2) is 24.4 Å². The van der Waals surface area contributed by atoms with Crippen LogP contribution in [-0.4, -0.2) is 32.0 Å². The molecule has 0 radical (unpaired) electrons. The molecule has 0 aliphatic rings. The highest BCUT2D eigenvalue weighted by Gasteiger charge is 2.12. The number of rotatable bonds is 4. The number of hydrogen-bond donors (Lipinski definition) is 2. The van der Waals surface area contributed by atoms with E-state index in [0.29, 0.717) is 0 Å². The predicted molar refractivity (Wildman–Crippen MR) is 67.0 cm³/mol. The van der Waals surface area contributed by atoms with Crippen molar-refractivity contribution in [3.63, 3.8) is 0 Å². The van der Waals surface area contributed by atoms with Gasteiger partial charge in [0.15, 0.2) is 5.69 Å². The van der Waals surface area contributed by atoms with Gasteiger partial charge in [-0.05, 0) is 18.2 Å². The highest BCUT2D eigenvalue weighted by atomic mass is 35.5. The molecule has 0 aliphatic heterocycles. The third-order valence-corrected chi connectivity index (χ3v) is 2.50. The molecule has 2 rings (SSSR count). The Morgan fingerprint density at radius 2 is 2.20 bits per heavy atom. The maximum absolute atomic E-state index is 13.4. The molecule has 1 heterocycles. The fourth-order valence-corrected chi connectivity index (χ4v) is 1.56. The Labute approximate surface area is 117 Å². The largest absolute Gasteiger partial charge is 0.476 e. The van der Waals surface area contributed by atoms with Gasteiger partial charge in [0.05, 0.1) is 11.9 Å². The van der Waals surface area contributed by atoms with E-state index in [2.05, 4.69) is 15.6 Å². The fourth-order valence-electron chi connectivity index (χ4n) is 1.40. The highest BCUT2D eigenvalue weighted by Crippen LogP contribution is 2.18. The van der Waals surface area contributed by atoms with Gasteiger partial charge in [0, 0.05) is 5.02 Å². The lowest BCUT2D eigenvalue weighted by Crippen LogP contribution is -2.19. The first-order valence-corrected chi connectivity index (χ1v) is 5.72. The summed E-state index contributed by atoms with van der Waals surface area (Å²) in [7, 11) is 0. The van der Waals surface area contributed by atoms with Crippen LogP contribution in [0.3, 0.4) is 0 Å². The van der Waals surface area contributed by atoms with Crippen molar-refractivity contribution >= 4 is 29.2 Å². The smallest absolute Gasteiger partial charge is 0.358 e. The lowest BCUT2D eigenvalue weighted by atomic mass is 10.3. The molecule has 0 bridgehead atoms. The summed E-state index contributed by atoms with van der Waals surface area (Å²) in [6.07, 6.45) is 1.10. The molecule has 0 spiro atoms. The monoisotopic (exact) mass is 298 g/mol. The molecule has 1 aromatic carbocycles. The van der Waals surface area contributed by atoms with Crippen LogP contribution >= 0.6 is 11.6 Å². The van der Waals surface area contributed by atoms with Crippen molar-refractivity contribution in [2.75, 3.05) is 5.32 Å². The topological polar surface area (TPSA) is 97.1 Å². The summed E-state index contributed by atoms with van der Waals surface area (Å²) in [4.78, 5) is 22.2. The molecule has 0 fully saturated rings. The summed E-state index contributed by atoms with van der Waals surface area (Å²) in [6.45, 7) is -0.289. The van der Waals surface area contributed by atoms with Crippen LogP contribution in [0.1, 0.15) is 10.5 Å². The SMILES string of the molecule is O=C(Cn1cc(C(=O)O)nn1)Nc1ccc(Cl)cc1F. The quantitative estimate of drug-likeness (QED) is 0.889. The fraction of sp³-hybridized carbons (Fsp3) is 0.0909. The number of halogens is 2. The Kier molecular flexibility index (Phi) is 3.94. The van der Waals surface area contributed by atoms with E-state index in [4.69, 9.17) is 16.7 Å². The van der Waals surface area contributed by atoms with Gasteiger partial charge in [-0.2, -0.15) is 0 Å². The lowest BCUT2D eigenvalue weighted by Gasteiger charge is -2.06. The molecule has 0 aliphatic carbocycles. The molecule has 20 heavy (non-hydrogen) atoms. The molecule has 0 unspecified atom stereocenters. The van der Waals surface area contributed by atoms with Gasteiger partial charge >= 0.3 is 5.97 Å². The van der Waals surface area contributed by atoms with Crippen molar-refractivity contribution in [3.05, 3.63) is 40.9 Å². The summed E-state index contributed by atoms with van der Waals surface area (Å²) in [6, 6.07) is 3.81. The second-order valence-corrected chi connectivity index (χ2v) is 4.22. The number of benzene rings is 1. The van der Waals surface area contributed by atoms with Crippen molar-refractivity contribution in [1.29, 1.82) is 0 Å². The third-order valence-electron chi connectivity index (χ3n) is 2.27. The second-order valence-electron chi connectivity index (χ2n) is 3.78. The number of carbonyl (C=O) groups is 2. The number of carboxylic acids is 1. The van der Waals surface area contributed by atoms with Gasteiger partial charge < -0.3 is 10.4 Å². The van der Waals surface area contributed by atoms with Crippen LogP contribution in [0.5, 0.6) is 0 Å². The zero-order chi connectivity index (χ0) is 14.7. The van der Waals surface area contributed by atoms with Gasteiger partial charge in [-0.3, -0.25) is 4.79 Å². The normalized spacial score (nSPS) is 10.3. The van der Waals surface area contributed by atoms with Crippen LogP contribution in [0.4, 0.5) is 10.1 Å². The molecule has 1 amide bonds. The number of nitrogens with zero attached hydrogens (tertiary/aromatic N) is 3. The number of aromatic nitrogens is 3. The molecule has 7 nitrogen and oxygen atoms in total. The molecule has 0 saturated carbocycles. The Morgan fingerprint density at radius 3 is 2.80 bits per heavy atom. The number of nitrogens with one attached hydrogen (secondary N) is 1. The summed E-state index contributed by atoms with van der Waals surface area (Å²) >= 11 is 5.58. The number of amides is 1. The Balaban J connectivity index is 2.03. The van der Waals surface area contributed by atoms with E-state index in [0.717, 1.165) is 16.9 Å². The molecule has 0 atom stereocenters. The van der Waals surface area contributed by atoms with Crippen molar-refractivity contribution in [3.8, 4) is 0 Å². The van der Waals surface area contributed by atoms with Gasteiger partial charge in [-0.1, -0.05) is 16.8 Å². The van der Waals surface area contributed by atoms with Crippen LogP contribution in [0.2, 0.25) is 5.02 Å². The third kappa shape index (κ3) is 3.29. The first kappa shape index (κ1) is 13.9. The van der Waals surface area contributed by atoms with Crippen molar-refractivity contribution in [1.82, 2.24) is 15.0 Å². The van der Waals surface area contributed by atoms with Crippen molar-refractivity contribution in [2.24, 2.45) is 0 Å². The highest BCUT2D eigenvalue weighted by molar-refractivity contribution is 6.30. The van der Waals surface area contributed by atoms with E-state index in [1.165, 1.54) is 12.1 Å². The maximum atomic E-state index is 13.4. The summed E-state index contributed by atoms with van der Waals surface area (Å²) in [5.74, 6) is -2.50. The minimum absolute atomic E-state index is 0.0297. The zero-order valence-corrected chi connectivity index (χ0v) is 10.6. The standard InChI is InChI=1S/C11H8ClFN4O3/c12-6-1-2-8(7(13)3-6)14-10(18)5-17-4-9(11(19)20)15-16-17/h1-4H,5H2,(H,14,18)(H,19,20). The van der Waals surface area contributed by atoms with E-state index < -0.39 is 17.7 Å². The van der Waals surface area contributed by atoms with E-state index in [-0.39, 0.29) is 22.9 Å². The number of aromatic carboxylic acids is 1. The Morgan fingerprint density at radius 1 is 1.45 bits per heavy atom. The minimum Gasteiger partial charge on any atom is -0.476 e. The van der Waals surface area contributed by atoms with Gasteiger partial charge in [-0.15, -0.1) is 5.10 Å². The molecule has 2 aromatic rings. The second kappa shape index (κ2) is 5.66. The average Bonchev–Trinajstić information content (AvgIpc) is 2.81. The van der Waals surface area contributed by atoms with Crippen molar-refractivity contribution in [2.45, 2.75) is 6.54 Å². The zero-order valence-electron chi connectivity index (χ0n) is 9.88. The Hall–Kier alpha value is -2.48. The van der Waals surface area contributed by atoms with E-state index in [1.54, 1.807) is 0 Å².